The molecule has 0 fully saturated rings. The first kappa shape index (κ1) is 16.6. The van der Waals surface area contributed by atoms with Crippen LogP contribution in [0.5, 0.6) is 0 Å². The molecule has 3 nitrogen and oxygen atoms in total. The van der Waals surface area contributed by atoms with Crippen LogP contribution in [0, 0.1) is 6.92 Å². The lowest BCUT2D eigenvalue weighted by Crippen LogP contribution is -2.08. The lowest BCUT2D eigenvalue weighted by Gasteiger charge is -2.08. The fourth-order valence-corrected chi connectivity index (χ4v) is 2.88. The van der Waals surface area contributed by atoms with Crippen LogP contribution >= 0.6 is 11.8 Å². The van der Waals surface area contributed by atoms with Gasteiger partial charge in [-0.25, -0.2) is 4.68 Å². The monoisotopic (exact) mass is 328 g/mol. The minimum absolute atomic E-state index is 0.0646. The molecule has 0 atom stereocenters. The van der Waals surface area contributed by atoms with Crippen molar-refractivity contribution in [1.29, 1.82) is 0 Å². The summed E-state index contributed by atoms with van der Waals surface area (Å²) in [5.41, 5.74) is 0.203. The Hall–Kier alpha value is -1.76. The van der Waals surface area contributed by atoms with E-state index in [1.807, 2.05) is 6.92 Å². The Morgan fingerprint density at radius 1 is 1.36 bits per heavy atom. The number of aromatic nitrogens is 2. The maximum Gasteiger partial charge on any atom is 0.435 e. The Kier molecular flexibility index (Phi) is 4.95. The molecule has 1 heterocycles. The van der Waals surface area contributed by atoms with Crippen LogP contribution in [0.3, 0.4) is 0 Å². The average molecular weight is 328 g/mol. The van der Waals surface area contributed by atoms with Crippen molar-refractivity contribution in [3.63, 3.8) is 0 Å². The molecule has 2 rings (SSSR count). The highest BCUT2D eigenvalue weighted by Crippen LogP contribution is 2.31. The predicted octanol–water partition coefficient (Wildman–Crippen LogP) is 4.51. The minimum atomic E-state index is -4.47. The molecule has 0 radical (unpaired) electrons. The van der Waals surface area contributed by atoms with E-state index in [4.69, 9.17) is 0 Å². The Morgan fingerprint density at radius 3 is 2.64 bits per heavy atom. The predicted molar refractivity (Wildman–Crippen MR) is 79.7 cm³/mol. The van der Waals surface area contributed by atoms with Gasteiger partial charge in [0, 0.05) is 16.7 Å². The highest BCUT2D eigenvalue weighted by molar-refractivity contribution is 7.99. The number of hydrogen-bond acceptors (Lipinski definition) is 3. The molecule has 1 aromatic carbocycles. The van der Waals surface area contributed by atoms with Crippen LogP contribution in [0.2, 0.25) is 0 Å². The van der Waals surface area contributed by atoms with Crippen LogP contribution in [0.25, 0.3) is 5.69 Å². The third-order valence-electron chi connectivity index (χ3n) is 3.02. The molecule has 7 heteroatoms. The fourth-order valence-electron chi connectivity index (χ4n) is 1.97. The molecule has 0 N–H and O–H groups in total. The topological polar surface area (TPSA) is 34.9 Å². The SMILES string of the molecule is CCCSc1cc(-n2cc(C)c(C(F)(F)F)n2)ccc1C=O. The Balaban J connectivity index is 2.43. The summed E-state index contributed by atoms with van der Waals surface area (Å²) in [6, 6.07) is 4.88. The van der Waals surface area contributed by atoms with Gasteiger partial charge in [0.25, 0.3) is 0 Å². The van der Waals surface area contributed by atoms with E-state index in [0.29, 0.717) is 11.3 Å². The second-order valence-electron chi connectivity index (χ2n) is 4.79. The smallest absolute Gasteiger partial charge is 0.298 e. The molecule has 0 amide bonds. The van der Waals surface area contributed by atoms with Crippen LogP contribution in [-0.2, 0) is 6.18 Å². The van der Waals surface area contributed by atoms with Gasteiger partial charge in [-0.15, -0.1) is 11.8 Å². The minimum Gasteiger partial charge on any atom is -0.298 e. The zero-order chi connectivity index (χ0) is 16.3. The molecule has 1 aromatic heterocycles. The third-order valence-corrected chi connectivity index (χ3v) is 4.29. The fraction of sp³-hybridized carbons (Fsp3) is 0.333. The van der Waals surface area contributed by atoms with Crippen molar-refractivity contribution in [2.45, 2.75) is 31.3 Å². The lowest BCUT2D eigenvalue weighted by atomic mass is 10.2. The lowest BCUT2D eigenvalue weighted by molar-refractivity contribution is -0.141. The molecule has 118 valence electrons. The number of nitrogens with zero attached hydrogens (tertiary/aromatic N) is 2. The van der Waals surface area contributed by atoms with Crippen LogP contribution in [0.4, 0.5) is 13.2 Å². The van der Waals surface area contributed by atoms with Gasteiger partial charge in [-0.2, -0.15) is 18.3 Å². The summed E-state index contributed by atoms with van der Waals surface area (Å²) in [5.74, 6) is 0.830. The first-order valence-corrected chi connectivity index (χ1v) is 7.71. The number of halogens is 3. The summed E-state index contributed by atoms with van der Waals surface area (Å²) in [7, 11) is 0. The van der Waals surface area contributed by atoms with Crippen LogP contribution in [0.15, 0.2) is 29.3 Å². The van der Waals surface area contributed by atoms with Crippen molar-refractivity contribution in [2.24, 2.45) is 0 Å². The number of aryl methyl sites for hydroxylation is 1. The molecule has 2 aromatic rings. The van der Waals surface area contributed by atoms with E-state index in [1.54, 1.807) is 18.2 Å². The van der Waals surface area contributed by atoms with Gasteiger partial charge >= 0.3 is 6.18 Å². The molecule has 0 bridgehead atoms. The number of alkyl halides is 3. The summed E-state index contributed by atoms with van der Waals surface area (Å²) in [5, 5.41) is 3.62. The van der Waals surface area contributed by atoms with Gasteiger partial charge < -0.3 is 0 Å². The van der Waals surface area contributed by atoms with E-state index >= 15 is 0 Å². The molecular formula is C15H15F3N2OS. The van der Waals surface area contributed by atoms with Gasteiger partial charge in [-0.3, -0.25) is 4.79 Å². The molecule has 0 aliphatic carbocycles. The van der Waals surface area contributed by atoms with Crippen molar-refractivity contribution in [3.05, 3.63) is 41.2 Å². The number of thioether (sulfide) groups is 1. The van der Waals surface area contributed by atoms with Gasteiger partial charge in [-0.1, -0.05) is 6.92 Å². The first-order valence-electron chi connectivity index (χ1n) is 6.72. The summed E-state index contributed by atoms with van der Waals surface area (Å²) >= 11 is 1.50. The summed E-state index contributed by atoms with van der Waals surface area (Å²) in [4.78, 5) is 11.8. The van der Waals surface area contributed by atoms with Gasteiger partial charge in [0.05, 0.1) is 5.69 Å². The molecule has 0 aliphatic heterocycles. The number of carbonyl (C=O) groups excluding carboxylic acids is 1. The Morgan fingerprint density at radius 2 is 2.09 bits per heavy atom. The van der Waals surface area contributed by atoms with Crippen molar-refractivity contribution >= 4 is 18.0 Å². The highest BCUT2D eigenvalue weighted by atomic mass is 32.2. The number of benzene rings is 1. The van der Waals surface area contributed by atoms with Crippen LogP contribution in [0.1, 0.15) is 35.0 Å². The highest BCUT2D eigenvalue weighted by Gasteiger charge is 2.36. The van der Waals surface area contributed by atoms with E-state index in [9.17, 15) is 18.0 Å². The Bertz CT molecular complexity index is 680. The van der Waals surface area contributed by atoms with E-state index in [-0.39, 0.29) is 5.56 Å². The standard InChI is InChI=1S/C15H15F3N2OS/c1-3-6-22-13-7-12(5-4-11(13)9-21)20-8-10(2)14(19-20)15(16,17)18/h4-5,7-9H,3,6H2,1-2H3. The molecule has 0 aliphatic rings. The molecule has 22 heavy (non-hydrogen) atoms. The van der Waals surface area contributed by atoms with E-state index in [1.165, 1.54) is 29.6 Å². The average Bonchev–Trinajstić information content (AvgIpc) is 2.87. The zero-order valence-electron chi connectivity index (χ0n) is 12.1. The van der Waals surface area contributed by atoms with Crippen molar-refractivity contribution in [1.82, 2.24) is 9.78 Å². The number of rotatable bonds is 5. The third kappa shape index (κ3) is 3.52. The summed E-state index contributed by atoms with van der Waals surface area (Å²) in [6.07, 6.45) is -1.45. The van der Waals surface area contributed by atoms with Crippen molar-refractivity contribution < 1.29 is 18.0 Å². The largest absolute Gasteiger partial charge is 0.435 e. The molecule has 0 saturated heterocycles. The number of aldehydes is 1. The van der Waals surface area contributed by atoms with E-state index < -0.39 is 11.9 Å². The molecule has 0 unspecified atom stereocenters. The Labute approximate surface area is 130 Å². The van der Waals surface area contributed by atoms with Crippen molar-refractivity contribution in [3.8, 4) is 5.69 Å². The van der Waals surface area contributed by atoms with E-state index in [2.05, 4.69) is 5.10 Å². The van der Waals surface area contributed by atoms with Gasteiger partial charge in [-0.05, 0) is 42.9 Å². The summed E-state index contributed by atoms with van der Waals surface area (Å²) < 4.78 is 39.6. The van der Waals surface area contributed by atoms with Crippen LogP contribution < -0.4 is 0 Å². The molecule has 0 saturated carbocycles. The maximum absolute atomic E-state index is 12.8. The quantitative estimate of drug-likeness (QED) is 0.598. The second-order valence-corrected chi connectivity index (χ2v) is 5.93. The van der Waals surface area contributed by atoms with E-state index in [0.717, 1.165) is 23.4 Å². The molecular weight excluding hydrogens is 313 g/mol. The van der Waals surface area contributed by atoms with Crippen LogP contribution in [-0.4, -0.2) is 21.8 Å². The first-order chi connectivity index (χ1) is 10.4. The maximum atomic E-state index is 12.8. The second kappa shape index (κ2) is 6.56. The molecule has 0 spiro atoms. The van der Waals surface area contributed by atoms with Gasteiger partial charge in [0.15, 0.2) is 12.0 Å². The number of carbonyl (C=O) groups is 1. The zero-order valence-corrected chi connectivity index (χ0v) is 13.0. The van der Waals surface area contributed by atoms with Gasteiger partial charge in [0.2, 0.25) is 0 Å². The van der Waals surface area contributed by atoms with Crippen molar-refractivity contribution in [2.75, 3.05) is 5.75 Å². The van der Waals surface area contributed by atoms with Gasteiger partial charge in [0.1, 0.15) is 0 Å². The normalized spacial score (nSPS) is 11.7. The number of hydrogen-bond donors (Lipinski definition) is 0. The summed E-state index contributed by atoms with van der Waals surface area (Å²) in [6.45, 7) is 3.39.